The molecule has 2 N–H and O–H groups in total. The number of benzene rings is 1. The Balaban J connectivity index is 2.21. The van der Waals surface area contributed by atoms with E-state index in [1.54, 1.807) is 56.9 Å². The van der Waals surface area contributed by atoms with Gasteiger partial charge in [0, 0.05) is 25.0 Å². The summed E-state index contributed by atoms with van der Waals surface area (Å²) in [5, 5.41) is 13.7. The van der Waals surface area contributed by atoms with Crippen molar-refractivity contribution in [2.24, 2.45) is 0 Å². The van der Waals surface area contributed by atoms with Gasteiger partial charge in [-0.25, -0.2) is 0 Å². The van der Waals surface area contributed by atoms with Crippen LogP contribution in [0.25, 0.3) is 22.5 Å². The van der Waals surface area contributed by atoms with Gasteiger partial charge in [-0.15, -0.1) is 23.2 Å². The molecular formula is C18H16Cl2N2O3. The Morgan fingerprint density at radius 2 is 2.04 bits per heavy atom. The minimum atomic E-state index is -0.723. The van der Waals surface area contributed by atoms with E-state index >= 15 is 0 Å². The van der Waals surface area contributed by atoms with Crippen LogP contribution in [0.3, 0.4) is 0 Å². The van der Waals surface area contributed by atoms with Crippen molar-refractivity contribution in [3.05, 3.63) is 48.3 Å². The smallest absolute Gasteiger partial charge is 0.205 e. The van der Waals surface area contributed by atoms with Gasteiger partial charge >= 0.3 is 0 Å². The quantitative estimate of drug-likeness (QED) is 0.594. The first kappa shape index (κ1) is 17.5. The molecule has 0 bridgehead atoms. The van der Waals surface area contributed by atoms with E-state index in [2.05, 4.69) is 10.3 Å². The minimum absolute atomic E-state index is 0.00255. The fourth-order valence-corrected chi connectivity index (χ4v) is 2.82. The predicted octanol–water partition coefficient (Wildman–Crippen LogP) is 5.24. The van der Waals surface area contributed by atoms with Crippen molar-refractivity contribution in [3.63, 3.8) is 0 Å². The van der Waals surface area contributed by atoms with Crippen LogP contribution in [-0.2, 0) is 0 Å². The van der Waals surface area contributed by atoms with Gasteiger partial charge in [0.15, 0.2) is 11.5 Å². The van der Waals surface area contributed by atoms with Crippen LogP contribution in [0.5, 0.6) is 11.5 Å². The van der Waals surface area contributed by atoms with Crippen LogP contribution in [0.4, 0.5) is 5.88 Å². The molecule has 0 fully saturated rings. The number of hydrogen-bond donors (Lipinski definition) is 2. The third-order valence-electron chi connectivity index (χ3n) is 3.74. The third-order valence-corrected chi connectivity index (χ3v) is 4.24. The first-order chi connectivity index (χ1) is 12.0. The number of hydrogen-bond acceptors (Lipinski definition) is 5. The van der Waals surface area contributed by atoms with Gasteiger partial charge in [-0.3, -0.25) is 4.98 Å². The fraction of sp³-hybridized carbons (Fsp3) is 0.167. The maximum absolute atomic E-state index is 10.8. The van der Waals surface area contributed by atoms with E-state index < -0.39 is 4.84 Å². The van der Waals surface area contributed by atoms with Gasteiger partial charge in [0.1, 0.15) is 10.6 Å². The molecule has 0 atom stereocenters. The van der Waals surface area contributed by atoms with Crippen molar-refractivity contribution in [1.29, 1.82) is 0 Å². The lowest BCUT2D eigenvalue weighted by Gasteiger charge is -2.10. The van der Waals surface area contributed by atoms with Gasteiger partial charge in [-0.2, -0.15) is 0 Å². The number of halogens is 2. The molecule has 0 aliphatic carbocycles. The number of rotatable bonds is 5. The standard InChI is InChI=1S/C18H16Cl2N2O3/c1-21-18-14(11-6-12(17(19)20)8-13(7-11)24-2)15(23)16(25-18)10-4-3-5-22-9-10/h3-9,17,21,23H,1-2H3. The highest BCUT2D eigenvalue weighted by atomic mass is 35.5. The summed E-state index contributed by atoms with van der Waals surface area (Å²) in [6.07, 6.45) is 3.27. The second kappa shape index (κ2) is 7.25. The lowest BCUT2D eigenvalue weighted by Crippen LogP contribution is -1.92. The molecule has 3 aromatic rings. The van der Waals surface area contributed by atoms with E-state index in [-0.39, 0.29) is 5.75 Å². The minimum Gasteiger partial charge on any atom is -0.504 e. The number of furan rings is 1. The zero-order valence-corrected chi connectivity index (χ0v) is 15.1. The van der Waals surface area contributed by atoms with Gasteiger partial charge < -0.3 is 19.6 Å². The van der Waals surface area contributed by atoms with E-state index in [0.717, 1.165) is 0 Å². The molecule has 0 unspecified atom stereocenters. The normalized spacial score (nSPS) is 10.9. The summed E-state index contributed by atoms with van der Waals surface area (Å²) in [5.74, 6) is 1.31. The van der Waals surface area contributed by atoms with Gasteiger partial charge in [-0.1, -0.05) is 0 Å². The number of aromatic hydroxyl groups is 1. The Morgan fingerprint density at radius 1 is 1.24 bits per heavy atom. The predicted molar refractivity (Wildman–Crippen MR) is 99.6 cm³/mol. The van der Waals surface area contributed by atoms with Crippen molar-refractivity contribution in [2.45, 2.75) is 4.84 Å². The Bertz CT molecular complexity index is 880. The molecule has 0 spiro atoms. The van der Waals surface area contributed by atoms with Crippen molar-refractivity contribution in [3.8, 4) is 33.9 Å². The van der Waals surface area contributed by atoms with Crippen LogP contribution in [0.1, 0.15) is 10.4 Å². The van der Waals surface area contributed by atoms with Gasteiger partial charge in [0.25, 0.3) is 0 Å². The molecule has 7 heteroatoms. The molecule has 0 saturated heterocycles. The third kappa shape index (κ3) is 3.38. The Hall–Kier alpha value is -2.37. The van der Waals surface area contributed by atoms with Crippen molar-refractivity contribution in [1.82, 2.24) is 4.98 Å². The monoisotopic (exact) mass is 378 g/mol. The maximum Gasteiger partial charge on any atom is 0.205 e. The molecule has 2 heterocycles. The molecule has 5 nitrogen and oxygen atoms in total. The molecule has 0 aliphatic rings. The molecule has 25 heavy (non-hydrogen) atoms. The zero-order chi connectivity index (χ0) is 18.0. The summed E-state index contributed by atoms with van der Waals surface area (Å²) >= 11 is 12.0. The molecule has 0 aliphatic heterocycles. The molecule has 1 aromatic carbocycles. The number of nitrogens with one attached hydrogen (secondary N) is 1. The number of aromatic nitrogens is 1. The molecule has 2 aromatic heterocycles. The van der Waals surface area contributed by atoms with Crippen molar-refractivity contribution in [2.75, 3.05) is 19.5 Å². The van der Waals surface area contributed by atoms with Crippen LogP contribution < -0.4 is 10.1 Å². The second-order valence-corrected chi connectivity index (χ2v) is 6.37. The van der Waals surface area contributed by atoms with E-state index in [9.17, 15) is 5.11 Å². The van der Waals surface area contributed by atoms with Gasteiger partial charge in [0.2, 0.25) is 5.88 Å². The van der Waals surface area contributed by atoms with Gasteiger partial charge in [0.05, 0.1) is 12.7 Å². The van der Waals surface area contributed by atoms with E-state index in [0.29, 0.717) is 39.6 Å². The summed E-state index contributed by atoms with van der Waals surface area (Å²) in [7, 11) is 3.26. The summed E-state index contributed by atoms with van der Waals surface area (Å²) in [4.78, 5) is 3.33. The van der Waals surface area contributed by atoms with Crippen LogP contribution in [0, 0.1) is 0 Å². The van der Waals surface area contributed by atoms with E-state index in [1.165, 1.54) is 0 Å². The highest BCUT2D eigenvalue weighted by Crippen LogP contribution is 2.47. The lowest BCUT2D eigenvalue weighted by molar-refractivity contribution is 0.414. The number of alkyl halides is 2. The van der Waals surface area contributed by atoms with Crippen LogP contribution in [0.15, 0.2) is 47.1 Å². The highest BCUT2D eigenvalue weighted by molar-refractivity contribution is 6.44. The summed E-state index contributed by atoms with van der Waals surface area (Å²) < 4.78 is 11.1. The number of pyridine rings is 1. The van der Waals surface area contributed by atoms with Crippen LogP contribution >= 0.6 is 23.2 Å². The van der Waals surface area contributed by atoms with E-state index in [1.807, 2.05) is 0 Å². The molecular weight excluding hydrogens is 363 g/mol. The SMILES string of the molecule is CNc1oc(-c2cccnc2)c(O)c1-c1cc(OC)cc(C(Cl)Cl)c1. The Kier molecular flexibility index (Phi) is 5.06. The maximum atomic E-state index is 10.8. The molecule has 0 radical (unpaired) electrons. The Labute approximate surface area is 155 Å². The largest absolute Gasteiger partial charge is 0.504 e. The first-order valence-corrected chi connectivity index (χ1v) is 8.33. The fourth-order valence-electron chi connectivity index (χ4n) is 2.57. The van der Waals surface area contributed by atoms with Crippen LogP contribution in [-0.4, -0.2) is 24.2 Å². The average molecular weight is 379 g/mol. The van der Waals surface area contributed by atoms with E-state index in [4.69, 9.17) is 32.4 Å². The lowest BCUT2D eigenvalue weighted by atomic mass is 10.0. The summed E-state index contributed by atoms with van der Waals surface area (Å²) in [6.45, 7) is 0. The van der Waals surface area contributed by atoms with Crippen LogP contribution in [0.2, 0.25) is 0 Å². The molecule has 0 amide bonds. The second-order valence-electron chi connectivity index (χ2n) is 5.27. The molecule has 0 saturated carbocycles. The number of nitrogens with zero attached hydrogens (tertiary/aromatic N) is 1. The van der Waals surface area contributed by atoms with Crippen molar-refractivity contribution < 1.29 is 14.3 Å². The zero-order valence-electron chi connectivity index (χ0n) is 13.6. The topological polar surface area (TPSA) is 67.5 Å². The number of methoxy groups -OCH3 is 1. The summed E-state index contributed by atoms with van der Waals surface area (Å²) in [5.41, 5.74) is 2.48. The van der Waals surface area contributed by atoms with Gasteiger partial charge in [-0.05, 0) is 41.5 Å². The highest BCUT2D eigenvalue weighted by Gasteiger charge is 2.23. The number of anilines is 1. The number of ether oxygens (including phenoxy) is 1. The molecule has 130 valence electrons. The first-order valence-electron chi connectivity index (χ1n) is 7.46. The average Bonchev–Trinajstić information content (AvgIpc) is 2.98. The summed E-state index contributed by atoms with van der Waals surface area (Å²) in [6, 6.07) is 8.88. The van der Waals surface area contributed by atoms with Crippen molar-refractivity contribution >= 4 is 29.1 Å². The molecule has 3 rings (SSSR count). The Morgan fingerprint density at radius 3 is 2.64 bits per heavy atom.